The Balaban J connectivity index is 2.65. The molecule has 0 spiro atoms. The first-order valence-electron chi connectivity index (χ1n) is 8.20. The molecule has 0 aliphatic carbocycles. The first-order valence-corrected chi connectivity index (χ1v) is 10.4. The van der Waals surface area contributed by atoms with Crippen LogP contribution in [0.5, 0.6) is 0 Å². The molecule has 1 heterocycles. The van der Waals surface area contributed by atoms with Gasteiger partial charge in [-0.2, -0.15) is 0 Å². The van der Waals surface area contributed by atoms with Gasteiger partial charge < -0.3 is 15.0 Å². The lowest BCUT2D eigenvalue weighted by Gasteiger charge is -2.42. The Morgan fingerprint density at radius 2 is 1.45 bits per heavy atom. The van der Waals surface area contributed by atoms with Crippen LogP contribution in [0.3, 0.4) is 0 Å². The zero-order valence-corrected chi connectivity index (χ0v) is 15.5. The monoisotopic (exact) mass is 317 g/mol. The molecule has 1 aromatic carbocycles. The SMILES string of the molecule is CC(C)[Si](c1cc2cc(B(O)O)ccc2[nH]1)(C(C)C)C(C)C. The normalized spacial score (nSPS) is 12.9. The lowest BCUT2D eigenvalue weighted by Crippen LogP contribution is -2.56. The van der Waals surface area contributed by atoms with E-state index in [1.165, 1.54) is 5.32 Å². The Kier molecular flexibility index (Phi) is 4.90. The van der Waals surface area contributed by atoms with Crippen LogP contribution >= 0.6 is 0 Å². The predicted molar refractivity (Wildman–Crippen MR) is 98.8 cm³/mol. The lowest BCUT2D eigenvalue weighted by atomic mass is 9.80. The predicted octanol–water partition coefficient (Wildman–Crippen LogP) is 2.73. The summed E-state index contributed by atoms with van der Waals surface area (Å²) in [6.07, 6.45) is 0. The number of nitrogens with one attached hydrogen (secondary N) is 1. The van der Waals surface area contributed by atoms with Crippen molar-refractivity contribution in [3.63, 3.8) is 0 Å². The van der Waals surface area contributed by atoms with Crippen LogP contribution in [0, 0.1) is 0 Å². The minimum atomic E-state index is -1.71. The molecule has 0 atom stereocenters. The van der Waals surface area contributed by atoms with Crippen LogP contribution in [0.2, 0.25) is 16.6 Å². The van der Waals surface area contributed by atoms with Crippen molar-refractivity contribution >= 4 is 36.9 Å². The Hall–Kier alpha value is -1.04. The highest BCUT2D eigenvalue weighted by Gasteiger charge is 2.45. The van der Waals surface area contributed by atoms with Crippen LogP contribution in [0.1, 0.15) is 41.5 Å². The number of aromatic amines is 1. The molecule has 0 bridgehead atoms. The summed E-state index contributed by atoms with van der Waals surface area (Å²) in [7, 11) is -3.12. The summed E-state index contributed by atoms with van der Waals surface area (Å²) in [5, 5.41) is 21.2. The van der Waals surface area contributed by atoms with Gasteiger partial charge in [0.2, 0.25) is 0 Å². The van der Waals surface area contributed by atoms with Crippen LogP contribution in [0.4, 0.5) is 0 Å². The molecule has 1 aromatic heterocycles. The second-order valence-corrected chi connectivity index (χ2v) is 13.2. The third-order valence-corrected chi connectivity index (χ3v) is 12.2. The maximum Gasteiger partial charge on any atom is 0.488 e. The first kappa shape index (κ1) is 17.3. The van der Waals surface area contributed by atoms with E-state index in [9.17, 15) is 10.0 Å². The molecule has 0 saturated heterocycles. The van der Waals surface area contributed by atoms with Crippen molar-refractivity contribution < 1.29 is 10.0 Å². The summed E-state index contributed by atoms with van der Waals surface area (Å²) < 4.78 is 0. The van der Waals surface area contributed by atoms with Crippen LogP contribution in [-0.2, 0) is 0 Å². The Morgan fingerprint density at radius 1 is 0.909 bits per heavy atom. The van der Waals surface area contributed by atoms with Gasteiger partial charge >= 0.3 is 7.12 Å². The molecule has 0 radical (unpaired) electrons. The summed E-state index contributed by atoms with van der Waals surface area (Å²) in [6, 6.07) is 7.85. The van der Waals surface area contributed by atoms with Crippen molar-refractivity contribution in [3.8, 4) is 0 Å². The highest BCUT2D eigenvalue weighted by Crippen LogP contribution is 2.41. The summed E-state index contributed by atoms with van der Waals surface area (Å²) >= 11 is 0. The summed E-state index contributed by atoms with van der Waals surface area (Å²) in [4.78, 5) is 3.65. The zero-order valence-electron chi connectivity index (χ0n) is 14.5. The zero-order chi connectivity index (χ0) is 16.7. The van der Waals surface area contributed by atoms with Crippen LogP contribution in [0.25, 0.3) is 10.9 Å². The van der Waals surface area contributed by atoms with Crippen LogP contribution in [0.15, 0.2) is 24.3 Å². The van der Waals surface area contributed by atoms with Gasteiger partial charge in [0.05, 0.1) is 0 Å². The maximum absolute atomic E-state index is 9.37. The van der Waals surface area contributed by atoms with Gasteiger partial charge in [-0.25, -0.2) is 0 Å². The molecule has 5 heteroatoms. The average molecular weight is 317 g/mol. The topological polar surface area (TPSA) is 56.2 Å². The Labute approximate surface area is 134 Å². The number of fused-ring (bicyclic) bond motifs is 1. The molecule has 120 valence electrons. The van der Waals surface area contributed by atoms with Crippen molar-refractivity contribution in [2.24, 2.45) is 0 Å². The number of hydrogen-bond acceptors (Lipinski definition) is 2. The van der Waals surface area contributed by atoms with E-state index >= 15 is 0 Å². The highest BCUT2D eigenvalue weighted by atomic mass is 28.3. The molecule has 3 nitrogen and oxygen atoms in total. The first-order chi connectivity index (χ1) is 10.2. The molecule has 3 N–H and O–H groups in total. The summed E-state index contributed by atoms with van der Waals surface area (Å²) in [6.45, 7) is 14.1. The van der Waals surface area contributed by atoms with Gasteiger partial charge in [-0.1, -0.05) is 53.7 Å². The van der Waals surface area contributed by atoms with Crippen molar-refractivity contribution in [2.75, 3.05) is 0 Å². The van der Waals surface area contributed by atoms with E-state index in [1.54, 1.807) is 6.07 Å². The smallest absolute Gasteiger partial charge is 0.423 e. The van der Waals surface area contributed by atoms with Gasteiger partial charge in [-0.3, -0.25) is 0 Å². The van der Waals surface area contributed by atoms with Gasteiger partial charge in [0.15, 0.2) is 0 Å². The average Bonchev–Trinajstić information content (AvgIpc) is 2.80. The molecule has 0 amide bonds. The van der Waals surface area contributed by atoms with Crippen molar-refractivity contribution in [1.29, 1.82) is 0 Å². The van der Waals surface area contributed by atoms with E-state index in [0.717, 1.165) is 10.9 Å². The molecular formula is C17H28BNO2Si. The van der Waals surface area contributed by atoms with Gasteiger partial charge in [0.25, 0.3) is 0 Å². The second-order valence-electron chi connectivity index (χ2n) is 7.30. The number of rotatable bonds is 5. The standard InChI is InChI=1S/C17H28BNO2Si/c1-11(2)22(12(3)4,13(5)6)17-10-14-9-15(18(20)21)7-8-16(14)19-17/h7-13,19-21H,1-6H3. The minimum absolute atomic E-state index is 0.545. The van der Waals surface area contributed by atoms with Crippen molar-refractivity contribution in [3.05, 3.63) is 24.3 Å². The number of aromatic nitrogens is 1. The van der Waals surface area contributed by atoms with Crippen molar-refractivity contribution in [2.45, 2.75) is 58.2 Å². The van der Waals surface area contributed by atoms with E-state index < -0.39 is 15.2 Å². The van der Waals surface area contributed by atoms with E-state index in [4.69, 9.17) is 0 Å². The fourth-order valence-electron chi connectivity index (χ4n) is 4.48. The molecule has 0 fully saturated rings. The molecule has 2 rings (SSSR count). The maximum atomic E-state index is 9.37. The largest absolute Gasteiger partial charge is 0.488 e. The van der Waals surface area contributed by atoms with E-state index in [-0.39, 0.29) is 0 Å². The molecule has 2 aromatic rings. The van der Waals surface area contributed by atoms with Gasteiger partial charge in [-0.05, 0) is 39.6 Å². The van der Waals surface area contributed by atoms with Gasteiger partial charge in [-0.15, -0.1) is 0 Å². The van der Waals surface area contributed by atoms with Crippen molar-refractivity contribution in [1.82, 2.24) is 4.98 Å². The molecule has 0 saturated carbocycles. The third-order valence-electron chi connectivity index (χ3n) is 5.28. The molecular weight excluding hydrogens is 289 g/mol. The highest BCUT2D eigenvalue weighted by molar-refractivity contribution is 6.94. The van der Waals surface area contributed by atoms with E-state index in [1.807, 2.05) is 12.1 Å². The number of benzene rings is 1. The second kappa shape index (κ2) is 6.22. The Bertz CT molecular complexity index is 627. The fourth-order valence-corrected chi connectivity index (χ4v) is 11.1. The molecule has 0 aliphatic heterocycles. The van der Waals surface area contributed by atoms with Gasteiger partial charge in [0.1, 0.15) is 8.07 Å². The van der Waals surface area contributed by atoms with Crippen LogP contribution < -0.4 is 10.8 Å². The summed E-state index contributed by atoms with van der Waals surface area (Å²) in [5.41, 5.74) is 3.55. The number of H-pyrrole nitrogens is 1. The van der Waals surface area contributed by atoms with E-state index in [0.29, 0.717) is 22.1 Å². The minimum Gasteiger partial charge on any atom is -0.423 e. The summed E-state index contributed by atoms with van der Waals surface area (Å²) in [5.74, 6) is 0. The van der Waals surface area contributed by atoms with E-state index in [2.05, 4.69) is 52.6 Å². The Morgan fingerprint density at radius 3 is 1.91 bits per heavy atom. The fraction of sp³-hybridized carbons (Fsp3) is 0.529. The number of hydrogen-bond donors (Lipinski definition) is 3. The lowest BCUT2D eigenvalue weighted by molar-refractivity contribution is 0.426. The molecule has 0 unspecified atom stereocenters. The quantitative estimate of drug-likeness (QED) is 0.743. The molecule has 0 aliphatic rings. The van der Waals surface area contributed by atoms with Crippen LogP contribution in [-0.4, -0.2) is 30.2 Å². The third kappa shape index (κ3) is 2.66. The van der Waals surface area contributed by atoms with Gasteiger partial charge in [0, 0.05) is 10.8 Å². The molecule has 22 heavy (non-hydrogen) atoms.